The quantitative estimate of drug-likeness (QED) is 0.826. The average molecular weight is 336 g/mol. The molecular formula is C18H28N2O4. The second kappa shape index (κ2) is 8.78. The molecular weight excluding hydrogens is 308 g/mol. The molecule has 0 aromatic heterocycles. The molecule has 1 heterocycles. The van der Waals surface area contributed by atoms with Crippen LogP contribution in [-0.2, 0) is 11.3 Å². The fourth-order valence-electron chi connectivity index (χ4n) is 2.92. The zero-order valence-electron chi connectivity index (χ0n) is 15.1. The van der Waals surface area contributed by atoms with Crippen LogP contribution in [0.15, 0.2) is 12.1 Å². The largest absolute Gasteiger partial charge is 0.493 e. The van der Waals surface area contributed by atoms with Crippen molar-refractivity contribution in [2.24, 2.45) is 5.92 Å². The van der Waals surface area contributed by atoms with Crippen LogP contribution in [0.2, 0.25) is 0 Å². The highest BCUT2D eigenvalue weighted by atomic mass is 16.5. The first kappa shape index (κ1) is 18.4. The molecule has 1 fully saturated rings. The topological polar surface area (TPSA) is 60.0 Å². The standard InChI is InChI=1S/C18H28N2O4/c1-13-5-7-20(8-6-13)12-17(21)19-11-14-9-15(22-2)18(24-4)16(10-14)23-3/h9-10,13H,5-8,11-12H2,1-4H3,(H,19,21). The van der Waals surface area contributed by atoms with Crippen molar-refractivity contribution in [3.63, 3.8) is 0 Å². The van der Waals surface area contributed by atoms with E-state index in [-0.39, 0.29) is 5.91 Å². The van der Waals surface area contributed by atoms with Crippen molar-refractivity contribution in [3.8, 4) is 17.2 Å². The number of carbonyl (C=O) groups excluding carboxylic acids is 1. The van der Waals surface area contributed by atoms with E-state index in [9.17, 15) is 4.79 Å². The van der Waals surface area contributed by atoms with Gasteiger partial charge in [-0.15, -0.1) is 0 Å². The maximum atomic E-state index is 12.2. The second-order valence-electron chi connectivity index (χ2n) is 6.27. The van der Waals surface area contributed by atoms with Crippen LogP contribution in [0, 0.1) is 5.92 Å². The van der Waals surface area contributed by atoms with Gasteiger partial charge in [0.05, 0.1) is 27.9 Å². The Morgan fingerprint density at radius 3 is 2.21 bits per heavy atom. The number of rotatable bonds is 7. The van der Waals surface area contributed by atoms with Crippen molar-refractivity contribution in [3.05, 3.63) is 17.7 Å². The number of benzene rings is 1. The van der Waals surface area contributed by atoms with Crippen LogP contribution in [0.3, 0.4) is 0 Å². The Hall–Kier alpha value is -1.95. The van der Waals surface area contributed by atoms with Crippen LogP contribution >= 0.6 is 0 Å². The van der Waals surface area contributed by atoms with E-state index < -0.39 is 0 Å². The predicted octanol–water partition coefficient (Wildman–Crippen LogP) is 2.06. The maximum Gasteiger partial charge on any atom is 0.234 e. The minimum Gasteiger partial charge on any atom is -0.493 e. The van der Waals surface area contributed by atoms with Crippen LogP contribution in [0.4, 0.5) is 0 Å². The second-order valence-corrected chi connectivity index (χ2v) is 6.27. The summed E-state index contributed by atoms with van der Waals surface area (Å²) >= 11 is 0. The highest BCUT2D eigenvalue weighted by molar-refractivity contribution is 5.78. The third kappa shape index (κ3) is 4.77. The minimum atomic E-state index is 0.0401. The highest BCUT2D eigenvalue weighted by Crippen LogP contribution is 2.38. The van der Waals surface area contributed by atoms with E-state index in [1.807, 2.05) is 12.1 Å². The summed E-state index contributed by atoms with van der Waals surface area (Å²) in [4.78, 5) is 14.4. The fourth-order valence-corrected chi connectivity index (χ4v) is 2.92. The SMILES string of the molecule is COc1cc(CNC(=O)CN2CCC(C)CC2)cc(OC)c1OC. The molecule has 0 bridgehead atoms. The molecule has 0 unspecified atom stereocenters. The average Bonchev–Trinajstić information content (AvgIpc) is 2.60. The van der Waals surface area contributed by atoms with Crippen molar-refractivity contribution >= 4 is 5.91 Å². The lowest BCUT2D eigenvalue weighted by Crippen LogP contribution is -2.41. The van der Waals surface area contributed by atoms with Crippen molar-refractivity contribution in [2.75, 3.05) is 41.0 Å². The van der Waals surface area contributed by atoms with E-state index in [2.05, 4.69) is 17.1 Å². The van der Waals surface area contributed by atoms with Gasteiger partial charge in [0.25, 0.3) is 0 Å². The van der Waals surface area contributed by atoms with E-state index in [0.717, 1.165) is 24.6 Å². The molecule has 1 aromatic rings. The molecule has 0 atom stereocenters. The Morgan fingerprint density at radius 2 is 1.71 bits per heavy atom. The third-order valence-electron chi connectivity index (χ3n) is 4.46. The minimum absolute atomic E-state index is 0.0401. The van der Waals surface area contributed by atoms with Gasteiger partial charge in [0.15, 0.2) is 11.5 Å². The van der Waals surface area contributed by atoms with Crippen molar-refractivity contribution in [1.29, 1.82) is 0 Å². The monoisotopic (exact) mass is 336 g/mol. The molecule has 1 saturated heterocycles. The van der Waals surface area contributed by atoms with Gasteiger partial charge in [-0.2, -0.15) is 0 Å². The number of nitrogens with zero attached hydrogens (tertiary/aromatic N) is 1. The molecule has 0 radical (unpaired) electrons. The number of carbonyl (C=O) groups is 1. The van der Waals surface area contributed by atoms with Gasteiger partial charge in [0, 0.05) is 6.54 Å². The zero-order chi connectivity index (χ0) is 17.5. The van der Waals surface area contributed by atoms with Crippen LogP contribution in [0.1, 0.15) is 25.3 Å². The maximum absolute atomic E-state index is 12.2. The number of likely N-dealkylation sites (tertiary alicyclic amines) is 1. The number of hydrogen-bond donors (Lipinski definition) is 1. The molecule has 1 aliphatic heterocycles. The number of methoxy groups -OCH3 is 3. The van der Waals surface area contributed by atoms with Crippen molar-refractivity contribution in [1.82, 2.24) is 10.2 Å². The lowest BCUT2D eigenvalue weighted by molar-refractivity contribution is -0.122. The van der Waals surface area contributed by atoms with Crippen LogP contribution in [0.5, 0.6) is 17.2 Å². The first-order chi connectivity index (χ1) is 11.6. The Bertz CT molecular complexity index is 529. The van der Waals surface area contributed by atoms with Crippen LogP contribution in [0.25, 0.3) is 0 Å². The van der Waals surface area contributed by atoms with Gasteiger partial charge in [-0.3, -0.25) is 9.69 Å². The first-order valence-electron chi connectivity index (χ1n) is 8.35. The Kier molecular flexibility index (Phi) is 6.73. The smallest absolute Gasteiger partial charge is 0.234 e. The molecule has 6 heteroatoms. The van der Waals surface area contributed by atoms with E-state index in [1.54, 1.807) is 21.3 Å². The summed E-state index contributed by atoms with van der Waals surface area (Å²) in [7, 11) is 4.73. The summed E-state index contributed by atoms with van der Waals surface area (Å²) in [5, 5.41) is 2.97. The third-order valence-corrected chi connectivity index (χ3v) is 4.46. The number of ether oxygens (including phenoxy) is 3. The molecule has 1 amide bonds. The van der Waals surface area contributed by atoms with Crippen LogP contribution in [-0.4, -0.2) is 51.8 Å². The normalized spacial score (nSPS) is 15.8. The lowest BCUT2D eigenvalue weighted by atomic mass is 9.99. The van der Waals surface area contributed by atoms with E-state index >= 15 is 0 Å². The van der Waals surface area contributed by atoms with Gasteiger partial charge in [-0.1, -0.05) is 6.92 Å². The summed E-state index contributed by atoms with van der Waals surface area (Å²) in [6.45, 7) is 5.15. The molecule has 2 rings (SSSR count). The van der Waals surface area contributed by atoms with Gasteiger partial charge in [-0.25, -0.2) is 0 Å². The number of nitrogens with one attached hydrogen (secondary N) is 1. The summed E-state index contributed by atoms with van der Waals surface area (Å²) < 4.78 is 16.0. The molecule has 0 spiro atoms. The number of piperidine rings is 1. The fraction of sp³-hybridized carbons (Fsp3) is 0.611. The Balaban J connectivity index is 1.92. The van der Waals surface area contributed by atoms with E-state index in [4.69, 9.17) is 14.2 Å². The summed E-state index contributed by atoms with van der Waals surface area (Å²) in [6.07, 6.45) is 2.33. The van der Waals surface area contributed by atoms with E-state index in [1.165, 1.54) is 12.8 Å². The number of hydrogen-bond acceptors (Lipinski definition) is 5. The zero-order valence-corrected chi connectivity index (χ0v) is 15.1. The van der Waals surface area contributed by atoms with Crippen molar-refractivity contribution < 1.29 is 19.0 Å². The molecule has 1 aromatic carbocycles. The van der Waals surface area contributed by atoms with Gasteiger partial charge in [0.1, 0.15) is 0 Å². The molecule has 0 saturated carbocycles. The molecule has 24 heavy (non-hydrogen) atoms. The van der Waals surface area contributed by atoms with Gasteiger partial charge >= 0.3 is 0 Å². The Morgan fingerprint density at radius 1 is 1.12 bits per heavy atom. The molecule has 1 aliphatic rings. The summed E-state index contributed by atoms with van der Waals surface area (Å²) in [5.74, 6) is 2.54. The first-order valence-corrected chi connectivity index (χ1v) is 8.35. The van der Waals surface area contributed by atoms with Crippen LogP contribution < -0.4 is 19.5 Å². The van der Waals surface area contributed by atoms with Gasteiger partial charge in [0.2, 0.25) is 11.7 Å². The summed E-state index contributed by atoms with van der Waals surface area (Å²) in [5.41, 5.74) is 0.908. The molecule has 6 nitrogen and oxygen atoms in total. The molecule has 134 valence electrons. The highest BCUT2D eigenvalue weighted by Gasteiger charge is 2.18. The van der Waals surface area contributed by atoms with Crippen molar-refractivity contribution in [2.45, 2.75) is 26.3 Å². The lowest BCUT2D eigenvalue weighted by Gasteiger charge is -2.29. The van der Waals surface area contributed by atoms with Gasteiger partial charge < -0.3 is 19.5 Å². The molecule has 0 aliphatic carbocycles. The van der Waals surface area contributed by atoms with E-state index in [0.29, 0.717) is 30.3 Å². The predicted molar refractivity (Wildman–Crippen MR) is 92.8 cm³/mol. The summed E-state index contributed by atoms with van der Waals surface area (Å²) in [6, 6.07) is 3.70. The molecule has 1 N–H and O–H groups in total. The number of amides is 1. The Labute approximate surface area is 144 Å². The van der Waals surface area contributed by atoms with Gasteiger partial charge in [-0.05, 0) is 49.5 Å².